The second-order valence-electron chi connectivity index (χ2n) is 4.04. The summed E-state index contributed by atoms with van der Waals surface area (Å²) < 4.78 is 0. The minimum Gasteiger partial charge on any atom is -0.297 e. The molecule has 1 saturated heterocycles. The second kappa shape index (κ2) is 4.10. The molecule has 0 amide bonds. The standard InChI is InChI=1S/C12H19N/c1-2-12(11-7-3-4-8-11)13-9-5-6-10-13/h3-4,7,12H,2,5-6,8-10H2,1H3. The van der Waals surface area contributed by atoms with Gasteiger partial charge in [0.1, 0.15) is 0 Å². The Labute approximate surface area is 81.1 Å². The largest absolute Gasteiger partial charge is 0.297 e. The monoisotopic (exact) mass is 177 g/mol. The lowest BCUT2D eigenvalue weighted by atomic mass is 10.0. The molecule has 0 radical (unpaired) electrons. The zero-order valence-electron chi connectivity index (χ0n) is 8.50. The molecule has 13 heavy (non-hydrogen) atoms. The topological polar surface area (TPSA) is 3.24 Å². The quantitative estimate of drug-likeness (QED) is 0.640. The van der Waals surface area contributed by atoms with Gasteiger partial charge in [-0.3, -0.25) is 4.90 Å². The van der Waals surface area contributed by atoms with Gasteiger partial charge in [0.2, 0.25) is 0 Å². The fourth-order valence-corrected chi connectivity index (χ4v) is 2.52. The third kappa shape index (κ3) is 1.86. The lowest BCUT2D eigenvalue weighted by Crippen LogP contribution is -2.33. The average molecular weight is 177 g/mol. The molecule has 0 aromatic rings. The number of allylic oxidation sites excluding steroid dienone is 3. The maximum absolute atomic E-state index is 2.65. The molecule has 0 aromatic carbocycles. The summed E-state index contributed by atoms with van der Waals surface area (Å²) in [7, 11) is 0. The maximum Gasteiger partial charge on any atom is 0.0311 e. The van der Waals surface area contributed by atoms with Crippen LogP contribution >= 0.6 is 0 Å². The van der Waals surface area contributed by atoms with E-state index in [1.807, 2.05) is 0 Å². The molecular weight excluding hydrogens is 158 g/mol. The molecule has 0 bridgehead atoms. The first-order valence-electron chi connectivity index (χ1n) is 5.51. The Morgan fingerprint density at radius 2 is 2.15 bits per heavy atom. The van der Waals surface area contributed by atoms with Crippen LogP contribution in [0.25, 0.3) is 0 Å². The lowest BCUT2D eigenvalue weighted by Gasteiger charge is -2.27. The molecule has 1 fully saturated rings. The maximum atomic E-state index is 2.65. The summed E-state index contributed by atoms with van der Waals surface area (Å²) in [6.07, 6.45) is 12.0. The van der Waals surface area contributed by atoms with Crippen molar-refractivity contribution in [1.29, 1.82) is 0 Å². The van der Waals surface area contributed by atoms with Crippen LogP contribution in [0, 0.1) is 0 Å². The predicted octanol–water partition coefficient (Wildman–Crippen LogP) is 2.75. The van der Waals surface area contributed by atoms with Gasteiger partial charge in [0.15, 0.2) is 0 Å². The Kier molecular flexibility index (Phi) is 2.84. The summed E-state index contributed by atoms with van der Waals surface area (Å²) in [5, 5.41) is 0. The Morgan fingerprint density at radius 3 is 2.69 bits per heavy atom. The highest BCUT2D eigenvalue weighted by atomic mass is 15.2. The fraction of sp³-hybridized carbons (Fsp3) is 0.667. The van der Waals surface area contributed by atoms with Crippen LogP contribution in [0.1, 0.15) is 32.6 Å². The van der Waals surface area contributed by atoms with Crippen LogP contribution in [0.3, 0.4) is 0 Å². The van der Waals surface area contributed by atoms with E-state index in [2.05, 4.69) is 30.1 Å². The molecular formula is C12H19N. The van der Waals surface area contributed by atoms with Crippen molar-refractivity contribution in [1.82, 2.24) is 4.90 Å². The summed E-state index contributed by atoms with van der Waals surface area (Å²) in [5.74, 6) is 0. The molecule has 0 spiro atoms. The number of nitrogens with zero attached hydrogens (tertiary/aromatic N) is 1. The molecule has 0 saturated carbocycles. The average Bonchev–Trinajstić information content (AvgIpc) is 2.76. The van der Waals surface area contributed by atoms with Gasteiger partial charge in [0, 0.05) is 6.04 Å². The molecule has 0 N–H and O–H groups in total. The fourth-order valence-electron chi connectivity index (χ4n) is 2.52. The van der Waals surface area contributed by atoms with Gasteiger partial charge in [0.25, 0.3) is 0 Å². The SMILES string of the molecule is CCC(C1=CC=CC1)N1CCCC1. The van der Waals surface area contributed by atoms with Crippen molar-refractivity contribution in [3.8, 4) is 0 Å². The molecule has 72 valence electrons. The Morgan fingerprint density at radius 1 is 1.38 bits per heavy atom. The Balaban J connectivity index is 1.99. The molecule has 1 heteroatoms. The summed E-state index contributed by atoms with van der Waals surface area (Å²) in [4.78, 5) is 2.65. The molecule has 2 aliphatic rings. The summed E-state index contributed by atoms with van der Waals surface area (Å²) in [6, 6.07) is 0.734. The Bertz CT molecular complexity index is 221. The van der Waals surface area contributed by atoms with Crippen molar-refractivity contribution in [3.05, 3.63) is 23.8 Å². The summed E-state index contributed by atoms with van der Waals surface area (Å²) in [6.45, 7) is 4.94. The number of hydrogen-bond acceptors (Lipinski definition) is 1. The zero-order valence-corrected chi connectivity index (χ0v) is 8.50. The molecule has 1 heterocycles. The van der Waals surface area contributed by atoms with Gasteiger partial charge in [0.05, 0.1) is 0 Å². The van der Waals surface area contributed by atoms with E-state index >= 15 is 0 Å². The van der Waals surface area contributed by atoms with Crippen LogP contribution in [0.2, 0.25) is 0 Å². The highest BCUT2D eigenvalue weighted by Crippen LogP contribution is 2.24. The first-order chi connectivity index (χ1) is 6.42. The van der Waals surface area contributed by atoms with Gasteiger partial charge in [-0.15, -0.1) is 0 Å². The van der Waals surface area contributed by atoms with E-state index < -0.39 is 0 Å². The number of likely N-dealkylation sites (tertiary alicyclic amines) is 1. The van der Waals surface area contributed by atoms with Crippen molar-refractivity contribution in [2.75, 3.05) is 13.1 Å². The van der Waals surface area contributed by atoms with Crippen LogP contribution in [0.5, 0.6) is 0 Å². The van der Waals surface area contributed by atoms with Crippen LogP contribution in [0.4, 0.5) is 0 Å². The molecule has 1 aliphatic heterocycles. The normalized spacial score (nSPS) is 25.2. The lowest BCUT2D eigenvalue weighted by molar-refractivity contribution is 0.265. The second-order valence-corrected chi connectivity index (χ2v) is 4.04. The van der Waals surface area contributed by atoms with Gasteiger partial charge >= 0.3 is 0 Å². The van der Waals surface area contributed by atoms with E-state index in [4.69, 9.17) is 0 Å². The molecule has 1 unspecified atom stereocenters. The van der Waals surface area contributed by atoms with Crippen LogP contribution < -0.4 is 0 Å². The van der Waals surface area contributed by atoms with Crippen molar-refractivity contribution in [2.24, 2.45) is 0 Å². The molecule has 1 atom stereocenters. The van der Waals surface area contributed by atoms with E-state index in [0.29, 0.717) is 0 Å². The van der Waals surface area contributed by atoms with E-state index in [1.165, 1.54) is 38.8 Å². The van der Waals surface area contributed by atoms with Crippen LogP contribution in [0.15, 0.2) is 23.8 Å². The predicted molar refractivity (Wildman–Crippen MR) is 56.7 cm³/mol. The molecule has 1 aliphatic carbocycles. The van der Waals surface area contributed by atoms with Crippen LogP contribution in [-0.4, -0.2) is 24.0 Å². The summed E-state index contributed by atoms with van der Waals surface area (Å²) in [5.41, 5.74) is 1.63. The van der Waals surface area contributed by atoms with Gasteiger partial charge in [-0.05, 0) is 44.3 Å². The van der Waals surface area contributed by atoms with Crippen molar-refractivity contribution >= 4 is 0 Å². The first-order valence-corrected chi connectivity index (χ1v) is 5.51. The van der Waals surface area contributed by atoms with Gasteiger partial charge in [-0.2, -0.15) is 0 Å². The van der Waals surface area contributed by atoms with Crippen molar-refractivity contribution in [3.63, 3.8) is 0 Å². The van der Waals surface area contributed by atoms with E-state index in [-0.39, 0.29) is 0 Å². The minimum atomic E-state index is 0.734. The molecule has 2 rings (SSSR count). The van der Waals surface area contributed by atoms with E-state index in [0.717, 1.165) is 6.04 Å². The van der Waals surface area contributed by atoms with Crippen molar-refractivity contribution < 1.29 is 0 Å². The van der Waals surface area contributed by atoms with Gasteiger partial charge < -0.3 is 0 Å². The first kappa shape index (κ1) is 9.01. The molecule has 1 nitrogen and oxygen atoms in total. The van der Waals surface area contributed by atoms with E-state index in [1.54, 1.807) is 5.57 Å². The highest BCUT2D eigenvalue weighted by Gasteiger charge is 2.23. The molecule has 0 aromatic heterocycles. The zero-order chi connectivity index (χ0) is 9.10. The number of rotatable bonds is 3. The third-order valence-corrected chi connectivity index (χ3v) is 3.20. The number of hydrogen-bond donors (Lipinski definition) is 0. The summed E-state index contributed by atoms with van der Waals surface area (Å²) >= 11 is 0. The Hall–Kier alpha value is -0.560. The van der Waals surface area contributed by atoms with Gasteiger partial charge in [-0.1, -0.05) is 25.2 Å². The van der Waals surface area contributed by atoms with E-state index in [9.17, 15) is 0 Å². The van der Waals surface area contributed by atoms with Crippen LogP contribution in [-0.2, 0) is 0 Å². The minimum absolute atomic E-state index is 0.734. The smallest absolute Gasteiger partial charge is 0.0311 e. The highest BCUT2D eigenvalue weighted by molar-refractivity contribution is 5.27. The van der Waals surface area contributed by atoms with Gasteiger partial charge in [-0.25, -0.2) is 0 Å². The third-order valence-electron chi connectivity index (χ3n) is 3.20. The van der Waals surface area contributed by atoms with Crippen molar-refractivity contribution in [2.45, 2.75) is 38.6 Å².